The average molecular weight is 300 g/mol. The molecule has 2 aromatic rings. The first-order valence-electron chi connectivity index (χ1n) is 6.32. The van der Waals surface area contributed by atoms with Gasteiger partial charge in [0.2, 0.25) is 0 Å². The first kappa shape index (κ1) is 15.0. The van der Waals surface area contributed by atoms with Crippen molar-refractivity contribution in [2.24, 2.45) is 5.73 Å². The lowest BCUT2D eigenvalue weighted by Gasteiger charge is -2.06. The molecule has 1 heterocycles. The van der Waals surface area contributed by atoms with Gasteiger partial charge in [0.15, 0.2) is 0 Å². The molecule has 0 bridgehead atoms. The zero-order valence-electron chi connectivity index (χ0n) is 11.5. The SMILES string of the molecule is Cc1ccc(C(=O)Nc2ccc(Cl)c(C#CCN)c2)cn1. The Kier molecular flexibility index (Phi) is 4.94. The van der Waals surface area contributed by atoms with Gasteiger partial charge in [0, 0.05) is 23.1 Å². The molecule has 0 aliphatic carbocycles. The van der Waals surface area contributed by atoms with Crippen molar-refractivity contribution in [3.8, 4) is 11.8 Å². The molecule has 106 valence electrons. The van der Waals surface area contributed by atoms with Crippen LogP contribution in [0, 0.1) is 18.8 Å². The highest BCUT2D eigenvalue weighted by molar-refractivity contribution is 6.31. The Labute approximate surface area is 128 Å². The topological polar surface area (TPSA) is 68.0 Å². The van der Waals surface area contributed by atoms with E-state index in [0.29, 0.717) is 21.8 Å². The number of benzene rings is 1. The van der Waals surface area contributed by atoms with Crippen LogP contribution in [0.1, 0.15) is 21.6 Å². The normalized spacial score (nSPS) is 9.67. The molecule has 0 aliphatic rings. The molecule has 1 amide bonds. The molecular weight excluding hydrogens is 286 g/mol. The number of nitrogens with two attached hydrogens (primary N) is 1. The summed E-state index contributed by atoms with van der Waals surface area (Å²) in [6, 6.07) is 8.63. The lowest BCUT2D eigenvalue weighted by molar-refractivity contribution is 0.102. The van der Waals surface area contributed by atoms with Crippen molar-refractivity contribution in [3.05, 3.63) is 58.4 Å². The van der Waals surface area contributed by atoms with Gasteiger partial charge in [-0.05, 0) is 37.3 Å². The monoisotopic (exact) mass is 299 g/mol. The molecule has 0 saturated heterocycles. The van der Waals surface area contributed by atoms with E-state index in [4.69, 9.17) is 17.3 Å². The van der Waals surface area contributed by atoms with Crippen LogP contribution >= 0.6 is 11.6 Å². The van der Waals surface area contributed by atoms with Crippen LogP contribution in [0.4, 0.5) is 5.69 Å². The number of hydrogen-bond acceptors (Lipinski definition) is 3. The molecule has 2 rings (SSSR count). The van der Waals surface area contributed by atoms with Crippen LogP contribution in [0.15, 0.2) is 36.5 Å². The van der Waals surface area contributed by atoms with Crippen molar-refractivity contribution in [2.75, 3.05) is 11.9 Å². The summed E-state index contributed by atoms with van der Waals surface area (Å²) in [5.74, 6) is 5.36. The van der Waals surface area contributed by atoms with Crippen LogP contribution in [0.5, 0.6) is 0 Å². The number of amides is 1. The van der Waals surface area contributed by atoms with Gasteiger partial charge in [0.25, 0.3) is 5.91 Å². The average Bonchev–Trinajstić information content (AvgIpc) is 2.48. The van der Waals surface area contributed by atoms with Gasteiger partial charge >= 0.3 is 0 Å². The smallest absolute Gasteiger partial charge is 0.257 e. The molecule has 4 nitrogen and oxygen atoms in total. The number of nitrogens with zero attached hydrogens (tertiary/aromatic N) is 1. The van der Waals surface area contributed by atoms with Gasteiger partial charge < -0.3 is 11.1 Å². The molecule has 5 heteroatoms. The lowest BCUT2D eigenvalue weighted by atomic mass is 10.2. The van der Waals surface area contributed by atoms with Gasteiger partial charge in [0.1, 0.15) is 0 Å². The van der Waals surface area contributed by atoms with Gasteiger partial charge in [-0.25, -0.2) is 0 Å². The van der Waals surface area contributed by atoms with E-state index in [-0.39, 0.29) is 12.5 Å². The minimum atomic E-state index is -0.234. The third kappa shape index (κ3) is 4.06. The Bertz CT molecular complexity index is 715. The Morgan fingerprint density at radius 2 is 2.19 bits per heavy atom. The first-order chi connectivity index (χ1) is 10.1. The van der Waals surface area contributed by atoms with Crippen molar-refractivity contribution in [3.63, 3.8) is 0 Å². The van der Waals surface area contributed by atoms with E-state index in [2.05, 4.69) is 22.1 Å². The lowest BCUT2D eigenvalue weighted by Crippen LogP contribution is -2.12. The molecule has 0 spiro atoms. The van der Waals surface area contributed by atoms with Crippen molar-refractivity contribution >= 4 is 23.2 Å². The van der Waals surface area contributed by atoms with E-state index in [1.165, 1.54) is 6.20 Å². The predicted molar refractivity (Wildman–Crippen MR) is 84.3 cm³/mol. The number of aromatic nitrogens is 1. The standard InChI is InChI=1S/C16H14ClN3O/c1-11-4-5-13(10-19-11)16(21)20-14-6-7-15(17)12(9-14)3-2-8-18/h4-7,9-10H,8,18H2,1H3,(H,20,21). The third-order valence-electron chi connectivity index (χ3n) is 2.72. The number of carbonyl (C=O) groups excluding carboxylic acids is 1. The predicted octanol–water partition coefficient (Wildman–Crippen LogP) is 2.61. The van der Waals surface area contributed by atoms with Gasteiger partial charge in [-0.1, -0.05) is 23.4 Å². The number of pyridine rings is 1. The number of hydrogen-bond donors (Lipinski definition) is 2. The minimum Gasteiger partial charge on any atom is -0.322 e. The number of anilines is 1. The van der Waals surface area contributed by atoms with E-state index in [0.717, 1.165) is 5.69 Å². The molecule has 0 fully saturated rings. The quantitative estimate of drug-likeness (QED) is 0.838. The van der Waals surface area contributed by atoms with Crippen LogP contribution in [-0.2, 0) is 0 Å². The largest absolute Gasteiger partial charge is 0.322 e. The fourth-order valence-electron chi connectivity index (χ4n) is 1.65. The molecular formula is C16H14ClN3O. The maximum absolute atomic E-state index is 12.1. The van der Waals surface area contributed by atoms with Gasteiger partial charge in [-0.3, -0.25) is 9.78 Å². The van der Waals surface area contributed by atoms with E-state index in [1.807, 2.05) is 6.92 Å². The number of carbonyl (C=O) groups is 1. The highest BCUT2D eigenvalue weighted by atomic mass is 35.5. The third-order valence-corrected chi connectivity index (χ3v) is 3.05. The molecule has 0 radical (unpaired) electrons. The summed E-state index contributed by atoms with van der Waals surface area (Å²) in [4.78, 5) is 16.2. The van der Waals surface area contributed by atoms with E-state index >= 15 is 0 Å². The van der Waals surface area contributed by atoms with E-state index in [9.17, 15) is 4.79 Å². The molecule has 0 aliphatic heterocycles. The van der Waals surface area contributed by atoms with Crippen molar-refractivity contribution in [1.29, 1.82) is 0 Å². The molecule has 0 unspecified atom stereocenters. The highest BCUT2D eigenvalue weighted by Gasteiger charge is 2.07. The summed E-state index contributed by atoms with van der Waals surface area (Å²) in [5.41, 5.74) is 7.93. The summed E-state index contributed by atoms with van der Waals surface area (Å²) >= 11 is 6.04. The van der Waals surface area contributed by atoms with Gasteiger partial charge in [-0.15, -0.1) is 0 Å². The molecule has 3 N–H and O–H groups in total. The Balaban J connectivity index is 2.19. The summed E-state index contributed by atoms with van der Waals surface area (Å²) in [5, 5.41) is 3.30. The number of halogens is 1. The second kappa shape index (κ2) is 6.89. The maximum Gasteiger partial charge on any atom is 0.257 e. The van der Waals surface area contributed by atoms with Crippen LogP contribution in [0.2, 0.25) is 5.02 Å². The van der Waals surface area contributed by atoms with Crippen LogP contribution in [0.3, 0.4) is 0 Å². The molecule has 21 heavy (non-hydrogen) atoms. The second-order valence-corrected chi connectivity index (χ2v) is 4.75. The number of nitrogens with one attached hydrogen (secondary N) is 1. The first-order valence-corrected chi connectivity index (χ1v) is 6.70. The van der Waals surface area contributed by atoms with Gasteiger partial charge in [0.05, 0.1) is 17.1 Å². The van der Waals surface area contributed by atoms with Crippen molar-refractivity contribution in [1.82, 2.24) is 4.98 Å². The fourth-order valence-corrected chi connectivity index (χ4v) is 1.82. The van der Waals surface area contributed by atoms with E-state index < -0.39 is 0 Å². The zero-order valence-corrected chi connectivity index (χ0v) is 12.2. The van der Waals surface area contributed by atoms with Crippen LogP contribution in [-0.4, -0.2) is 17.4 Å². The molecule has 1 aromatic carbocycles. The highest BCUT2D eigenvalue weighted by Crippen LogP contribution is 2.20. The molecule has 0 atom stereocenters. The minimum absolute atomic E-state index is 0.234. The number of rotatable bonds is 2. The molecule has 0 saturated carbocycles. The summed E-state index contributed by atoms with van der Waals surface area (Å²) in [6.07, 6.45) is 1.54. The zero-order chi connectivity index (χ0) is 15.2. The molecule has 1 aromatic heterocycles. The Morgan fingerprint density at radius 1 is 1.38 bits per heavy atom. The fraction of sp³-hybridized carbons (Fsp3) is 0.125. The van der Waals surface area contributed by atoms with Crippen LogP contribution < -0.4 is 11.1 Å². The summed E-state index contributed by atoms with van der Waals surface area (Å²) < 4.78 is 0. The summed E-state index contributed by atoms with van der Waals surface area (Å²) in [7, 11) is 0. The Morgan fingerprint density at radius 3 is 2.86 bits per heavy atom. The van der Waals surface area contributed by atoms with E-state index in [1.54, 1.807) is 30.3 Å². The second-order valence-electron chi connectivity index (χ2n) is 4.34. The number of aryl methyl sites for hydroxylation is 1. The maximum atomic E-state index is 12.1. The van der Waals surface area contributed by atoms with Crippen molar-refractivity contribution < 1.29 is 4.79 Å². The van der Waals surface area contributed by atoms with Crippen molar-refractivity contribution in [2.45, 2.75) is 6.92 Å². The Hall–Kier alpha value is -2.35. The van der Waals surface area contributed by atoms with Crippen LogP contribution in [0.25, 0.3) is 0 Å². The van der Waals surface area contributed by atoms with Gasteiger partial charge in [-0.2, -0.15) is 0 Å². The summed E-state index contributed by atoms with van der Waals surface area (Å²) in [6.45, 7) is 2.12.